The van der Waals surface area contributed by atoms with Gasteiger partial charge >= 0.3 is 158 Å². The molecule has 0 N–H and O–H groups in total. The molecule has 2 aromatic rings. The van der Waals surface area contributed by atoms with Crippen LogP contribution in [-0.2, 0) is 4.44 Å². The molecule has 3 heteroatoms. The summed E-state index contributed by atoms with van der Waals surface area (Å²) in [6, 6.07) is 14.9. The van der Waals surface area contributed by atoms with Gasteiger partial charge in [-0.3, -0.25) is 0 Å². The van der Waals surface area contributed by atoms with Crippen LogP contribution in [0.5, 0.6) is 0 Å². The van der Waals surface area contributed by atoms with Crippen molar-refractivity contribution < 1.29 is 0 Å². The first-order valence-corrected chi connectivity index (χ1v) is 25.8. The summed E-state index contributed by atoms with van der Waals surface area (Å²) in [5.74, 6) is 0. The number of rotatable bonds is 4. The Morgan fingerprint density at radius 1 is 0.913 bits per heavy atom. The van der Waals surface area contributed by atoms with E-state index in [4.69, 9.17) is 0 Å². The Kier molecular flexibility index (Phi) is 5.12. The topological polar surface area (TPSA) is 0 Å². The minimum absolute atomic E-state index is 0.164. The third-order valence-corrected chi connectivity index (χ3v) is 17.8. The molecule has 1 aliphatic rings. The Bertz CT molecular complexity index is 742. The maximum atomic E-state index is 2.61. The molecule has 0 fully saturated rings. The second-order valence-corrected chi connectivity index (χ2v) is 31.6. The molecule has 2 radical (unpaired) electrons. The molecule has 0 nitrogen and oxygen atoms in total. The molecule has 0 spiro atoms. The Morgan fingerprint density at radius 2 is 1.52 bits per heavy atom. The summed E-state index contributed by atoms with van der Waals surface area (Å²) in [7, 11) is -1.51. The summed E-state index contributed by atoms with van der Waals surface area (Å²) in [4.78, 5) is 7.59. The standard InChI is InChI=1S/C15H14Si.C2H5.3CH3.2Sn/c1-11-8-9-13-12-6-4-5-7-14(12)16(2,3)15(13)10-11;1-2;;;;;/h4,6-10H,1H2,2-3H3;1H2,2H3;3*1H3;;. The van der Waals surface area contributed by atoms with Crippen molar-refractivity contribution in [3.8, 4) is 11.1 Å². The van der Waals surface area contributed by atoms with Gasteiger partial charge in [0, 0.05) is 0 Å². The SMILES string of the molecule is C[CH2][Sn][CH2]c1ccc2c(c1)[Si](C)(C)c1c[c]([Sn]([CH3])([CH3])[CH3])ccc1-2. The molecule has 0 saturated carbocycles. The van der Waals surface area contributed by atoms with Crippen molar-refractivity contribution in [2.75, 3.05) is 0 Å². The van der Waals surface area contributed by atoms with Crippen molar-refractivity contribution >= 4 is 61.5 Å². The first-order chi connectivity index (χ1) is 10.7. The van der Waals surface area contributed by atoms with Gasteiger partial charge in [-0.2, -0.15) is 0 Å². The fourth-order valence-electron chi connectivity index (χ4n) is 3.63. The molecule has 23 heavy (non-hydrogen) atoms. The van der Waals surface area contributed by atoms with E-state index in [0.717, 1.165) is 0 Å². The van der Waals surface area contributed by atoms with E-state index in [-0.39, 0.29) is 21.1 Å². The van der Waals surface area contributed by atoms with Gasteiger partial charge in [-0.15, -0.1) is 0 Å². The van der Waals surface area contributed by atoms with Crippen LogP contribution in [0.3, 0.4) is 0 Å². The van der Waals surface area contributed by atoms with E-state index in [1.807, 2.05) is 0 Å². The van der Waals surface area contributed by atoms with Gasteiger partial charge in [-0.05, 0) is 0 Å². The molecule has 120 valence electrons. The molecule has 0 unspecified atom stereocenters. The zero-order chi connectivity index (χ0) is 16.8. The summed E-state index contributed by atoms with van der Waals surface area (Å²) in [5.41, 5.74) is 4.69. The van der Waals surface area contributed by atoms with Gasteiger partial charge in [0.2, 0.25) is 0 Å². The van der Waals surface area contributed by atoms with E-state index in [9.17, 15) is 0 Å². The molecule has 1 heterocycles. The van der Waals surface area contributed by atoms with Crippen LogP contribution in [0, 0.1) is 0 Å². The monoisotopic (exact) mass is 536 g/mol. The molecule has 2 aromatic carbocycles. The second kappa shape index (κ2) is 6.52. The molecular weight excluding hydrogens is 506 g/mol. The van der Waals surface area contributed by atoms with Crippen LogP contribution in [0.25, 0.3) is 11.1 Å². The van der Waals surface area contributed by atoms with Crippen molar-refractivity contribution in [3.05, 3.63) is 42.0 Å². The Hall–Kier alpha value is 0.254. The molecule has 0 aliphatic carbocycles. The van der Waals surface area contributed by atoms with Gasteiger partial charge in [0.15, 0.2) is 0 Å². The zero-order valence-corrected chi connectivity index (χ0v) is 22.1. The van der Waals surface area contributed by atoms with Gasteiger partial charge in [-0.25, -0.2) is 0 Å². The summed E-state index contributed by atoms with van der Waals surface area (Å²) < 4.78 is 4.54. The van der Waals surface area contributed by atoms with E-state index >= 15 is 0 Å². The van der Waals surface area contributed by atoms with Gasteiger partial charge in [-0.1, -0.05) is 0 Å². The van der Waals surface area contributed by atoms with Crippen LogP contribution < -0.4 is 14.0 Å². The van der Waals surface area contributed by atoms with E-state index in [0.29, 0.717) is 0 Å². The summed E-state index contributed by atoms with van der Waals surface area (Å²) in [6.45, 7) is 7.47. The molecule has 0 atom stereocenters. The van der Waals surface area contributed by atoms with Crippen molar-refractivity contribution in [3.63, 3.8) is 0 Å². The molecule has 0 bridgehead atoms. The summed E-state index contributed by atoms with van der Waals surface area (Å²) in [5, 5.41) is 3.39. The summed E-state index contributed by atoms with van der Waals surface area (Å²) >= 11 is -2.16. The van der Waals surface area contributed by atoms with Crippen molar-refractivity contribution in [2.45, 2.75) is 43.7 Å². The average Bonchev–Trinajstić information content (AvgIpc) is 2.72. The van der Waals surface area contributed by atoms with Gasteiger partial charge in [0.25, 0.3) is 0 Å². The van der Waals surface area contributed by atoms with Crippen molar-refractivity contribution in [1.29, 1.82) is 0 Å². The average molecular weight is 534 g/mol. The van der Waals surface area contributed by atoms with E-state index in [2.05, 4.69) is 71.2 Å². The van der Waals surface area contributed by atoms with Crippen LogP contribution in [0.1, 0.15) is 12.5 Å². The fraction of sp³-hybridized carbons (Fsp3) is 0.400. The van der Waals surface area contributed by atoms with Crippen LogP contribution in [0.2, 0.25) is 32.3 Å². The first-order valence-electron chi connectivity index (χ1n) is 8.74. The molecule has 3 rings (SSSR count). The quantitative estimate of drug-likeness (QED) is 0.526. The Balaban J connectivity index is 2.10. The molecular formula is C20H28SiSn2. The molecule has 1 aliphatic heterocycles. The number of hydrogen-bond acceptors (Lipinski definition) is 0. The van der Waals surface area contributed by atoms with Gasteiger partial charge in [0.05, 0.1) is 0 Å². The van der Waals surface area contributed by atoms with Crippen LogP contribution in [0.4, 0.5) is 0 Å². The summed E-state index contributed by atoms with van der Waals surface area (Å²) in [6.07, 6.45) is 0. The van der Waals surface area contributed by atoms with E-state index in [1.54, 1.807) is 19.5 Å². The van der Waals surface area contributed by atoms with E-state index in [1.165, 1.54) is 20.0 Å². The van der Waals surface area contributed by atoms with Crippen LogP contribution in [0.15, 0.2) is 36.4 Å². The third-order valence-electron chi connectivity index (χ3n) is 5.19. The maximum absolute atomic E-state index is 2.61. The molecule has 0 amide bonds. The van der Waals surface area contributed by atoms with Crippen molar-refractivity contribution in [1.82, 2.24) is 0 Å². The van der Waals surface area contributed by atoms with Crippen LogP contribution in [-0.4, -0.2) is 47.6 Å². The minimum atomic E-state index is -1.99. The number of fused-ring (bicyclic) bond motifs is 3. The second-order valence-electron chi connectivity index (χ2n) is 8.30. The number of hydrogen-bond donors (Lipinski definition) is 0. The van der Waals surface area contributed by atoms with Gasteiger partial charge < -0.3 is 0 Å². The van der Waals surface area contributed by atoms with Gasteiger partial charge in [0.1, 0.15) is 0 Å². The normalized spacial score (nSPS) is 15.4. The van der Waals surface area contributed by atoms with E-state index < -0.39 is 26.5 Å². The third kappa shape index (κ3) is 3.34. The molecule has 0 saturated heterocycles. The first kappa shape index (κ1) is 18.1. The predicted molar refractivity (Wildman–Crippen MR) is 112 cm³/mol. The van der Waals surface area contributed by atoms with Crippen molar-refractivity contribution in [2.24, 2.45) is 0 Å². The predicted octanol–water partition coefficient (Wildman–Crippen LogP) is 3.68. The Morgan fingerprint density at radius 3 is 2.13 bits per heavy atom. The molecule has 0 aromatic heterocycles. The van der Waals surface area contributed by atoms with Crippen LogP contribution >= 0.6 is 0 Å². The fourth-order valence-corrected chi connectivity index (χ4v) is 12.7. The Labute approximate surface area is 157 Å². The zero-order valence-electron chi connectivity index (χ0n) is 15.4. The number of benzene rings is 2.